The fraction of sp³-hybridized carbons (Fsp3) is 0.176. The number of ether oxygens (including phenoxy) is 1. The molecule has 0 amide bonds. The minimum Gasteiger partial charge on any atom is -0.465 e. The van der Waals surface area contributed by atoms with Crippen molar-refractivity contribution in [2.75, 3.05) is 6.61 Å². The molecule has 0 unspecified atom stereocenters. The summed E-state index contributed by atoms with van der Waals surface area (Å²) >= 11 is 0. The number of esters is 1. The van der Waals surface area contributed by atoms with Crippen LogP contribution in [0.25, 0.3) is 6.08 Å². The summed E-state index contributed by atoms with van der Waals surface area (Å²) in [6.07, 6.45) is 12.4. The molecule has 1 aliphatic rings. The second-order valence-corrected chi connectivity index (χ2v) is 4.33. The molecule has 0 bridgehead atoms. The number of Topliss-reactive ketones (excluding diaryl/α,β-unsaturated/α-hetero) is 1. The van der Waals surface area contributed by atoms with E-state index in [-0.39, 0.29) is 18.0 Å². The van der Waals surface area contributed by atoms with Crippen molar-refractivity contribution < 1.29 is 18.7 Å². The van der Waals surface area contributed by atoms with Gasteiger partial charge in [0.1, 0.15) is 11.3 Å². The van der Waals surface area contributed by atoms with Crippen LogP contribution in [0.1, 0.15) is 19.1 Å². The molecule has 0 fully saturated rings. The van der Waals surface area contributed by atoms with Gasteiger partial charge in [-0.25, -0.2) is 4.79 Å². The highest BCUT2D eigenvalue weighted by Crippen LogP contribution is 2.18. The molecule has 1 aliphatic carbocycles. The second-order valence-electron chi connectivity index (χ2n) is 4.33. The molecule has 108 valence electrons. The average molecular weight is 284 g/mol. The molecule has 0 aliphatic heterocycles. The molecule has 0 aromatic carbocycles. The lowest BCUT2D eigenvalue weighted by molar-refractivity contribution is -0.139. The van der Waals surface area contributed by atoms with Crippen molar-refractivity contribution in [2.45, 2.75) is 13.3 Å². The van der Waals surface area contributed by atoms with E-state index in [1.165, 1.54) is 12.3 Å². The lowest BCUT2D eigenvalue weighted by atomic mass is 10.00. The predicted octanol–water partition coefficient (Wildman–Crippen LogP) is 3.24. The molecule has 0 saturated carbocycles. The third kappa shape index (κ3) is 3.92. The summed E-state index contributed by atoms with van der Waals surface area (Å²) in [6, 6.07) is 3.36. The summed E-state index contributed by atoms with van der Waals surface area (Å²) in [4.78, 5) is 24.6. The van der Waals surface area contributed by atoms with Crippen molar-refractivity contribution in [3.8, 4) is 0 Å². The van der Waals surface area contributed by atoms with Crippen LogP contribution in [0.5, 0.6) is 0 Å². The van der Waals surface area contributed by atoms with Gasteiger partial charge >= 0.3 is 5.97 Å². The van der Waals surface area contributed by atoms with Gasteiger partial charge < -0.3 is 9.15 Å². The molecule has 1 aromatic rings. The van der Waals surface area contributed by atoms with Crippen LogP contribution in [0.2, 0.25) is 0 Å². The number of hydrogen-bond donors (Lipinski definition) is 0. The Morgan fingerprint density at radius 2 is 2.19 bits per heavy atom. The number of rotatable bonds is 5. The number of carbonyl (C=O) groups is 2. The fourth-order valence-electron chi connectivity index (χ4n) is 1.86. The standard InChI is InChI=1S/C17H16O4/c1-2-20-17(19)15(12-14-10-7-11-21-14)16(18)13-8-5-3-4-6-9-13/h3-8,10-12H,2,9H2,1H3/b15-12-. The third-order valence-corrected chi connectivity index (χ3v) is 2.85. The minimum atomic E-state index is -0.642. The van der Waals surface area contributed by atoms with E-state index in [4.69, 9.17) is 9.15 Å². The van der Waals surface area contributed by atoms with Gasteiger partial charge in [0.25, 0.3) is 0 Å². The summed E-state index contributed by atoms with van der Waals surface area (Å²) in [5.74, 6) is -0.551. The Morgan fingerprint density at radius 1 is 1.33 bits per heavy atom. The molecule has 0 radical (unpaired) electrons. The van der Waals surface area contributed by atoms with Crippen LogP contribution in [-0.2, 0) is 14.3 Å². The van der Waals surface area contributed by atoms with Crippen LogP contribution >= 0.6 is 0 Å². The van der Waals surface area contributed by atoms with Crippen molar-refractivity contribution in [1.29, 1.82) is 0 Å². The molecule has 4 heteroatoms. The zero-order valence-electron chi connectivity index (χ0n) is 11.7. The highest BCUT2D eigenvalue weighted by atomic mass is 16.5. The van der Waals surface area contributed by atoms with E-state index in [2.05, 4.69) is 0 Å². The zero-order chi connectivity index (χ0) is 15.1. The van der Waals surface area contributed by atoms with E-state index >= 15 is 0 Å². The maximum Gasteiger partial charge on any atom is 0.342 e. The lowest BCUT2D eigenvalue weighted by Crippen LogP contribution is -2.17. The quantitative estimate of drug-likeness (QED) is 0.360. The number of ketones is 1. The Balaban J connectivity index is 2.33. The highest BCUT2D eigenvalue weighted by molar-refractivity contribution is 6.26. The van der Waals surface area contributed by atoms with E-state index < -0.39 is 5.97 Å². The highest BCUT2D eigenvalue weighted by Gasteiger charge is 2.23. The van der Waals surface area contributed by atoms with Gasteiger partial charge in [-0.2, -0.15) is 0 Å². The summed E-state index contributed by atoms with van der Waals surface area (Å²) in [7, 11) is 0. The largest absolute Gasteiger partial charge is 0.465 e. The van der Waals surface area contributed by atoms with E-state index in [0.717, 1.165) is 0 Å². The first kappa shape index (κ1) is 14.8. The Morgan fingerprint density at radius 3 is 2.90 bits per heavy atom. The van der Waals surface area contributed by atoms with E-state index in [0.29, 0.717) is 17.8 Å². The van der Waals surface area contributed by atoms with Gasteiger partial charge in [0.15, 0.2) is 5.78 Å². The summed E-state index contributed by atoms with van der Waals surface area (Å²) in [5, 5.41) is 0. The SMILES string of the molecule is CCOC(=O)/C(=C\c1ccco1)C(=O)C1=CC=CC=CC1. The van der Waals surface area contributed by atoms with Crippen LogP contribution < -0.4 is 0 Å². The van der Waals surface area contributed by atoms with Gasteiger partial charge in [-0.1, -0.05) is 30.4 Å². The molecule has 0 N–H and O–H groups in total. The van der Waals surface area contributed by atoms with E-state index in [1.807, 2.05) is 18.2 Å². The normalized spacial score (nSPS) is 14.5. The topological polar surface area (TPSA) is 56.5 Å². The van der Waals surface area contributed by atoms with Gasteiger partial charge in [-0.3, -0.25) is 4.79 Å². The second kappa shape index (κ2) is 7.24. The monoisotopic (exact) mass is 284 g/mol. The smallest absolute Gasteiger partial charge is 0.342 e. The van der Waals surface area contributed by atoms with Crippen molar-refractivity contribution in [2.24, 2.45) is 0 Å². The molecule has 0 atom stereocenters. The first-order chi connectivity index (χ1) is 10.2. The van der Waals surface area contributed by atoms with Crippen LogP contribution in [-0.4, -0.2) is 18.4 Å². The maximum absolute atomic E-state index is 12.5. The predicted molar refractivity (Wildman–Crippen MR) is 79.3 cm³/mol. The summed E-state index contributed by atoms with van der Waals surface area (Å²) in [5.41, 5.74) is 0.507. The van der Waals surface area contributed by atoms with Gasteiger partial charge in [0.2, 0.25) is 0 Å². The fourth-order valence-corrected chi connectivity index (χ4v) is 1.86. The van der Waals surface area contributed by atoms with Crippen molar-refractivity contribution in [3.63, 3.8) is 0 Å². The van der Waals surface area contributed by atoms with Crippen molar-refractivity contribution >= 4 is 17.8 Å². The molecule has 4 nitrogen and oxygen atoms in total. The molecule has 1 heterocycles. The molecular weight excluding hydrogens is 268 g/mol. The van der Waals surface area contributed by atoms with Crippen LogP contribution in [0.15, 0.2) is 64.3 Å². The first-order valence-electron chi connectivity index (χ1n) is 6.71. The van der Waals surface area contributed by atoms with Crippen LogP contribution in [0.3, 0.4) is 0 Å². The number of furan rings is 1. The first-order valence-corrected chi connectivity index (χ1v) is 6.71. The van der Waals surface area contributed by atoms with Crippen molar-refractivity contribution in [3.05, 3.63) is 65.7 Å². The lowest BCUT2D eigenvalue weighted by Gasteiger charge is -2.07. The molecule has 0 saturated heterocycles. The Bertz CT molecular complexity index is 628. The van der Waals surface area contributed by atoms with Gasteiger partial charge in [0.05, 0.1) is 12.9 Å². The average Bonchev–Trinajstić information content (AvgIpc) is 2.84. The molecule has 1 aromatic heterocycles. The van der Waals surface area contributed by atoms with Crippen LogP contribution in [0.4, 0.5) is 0 Å². The maximum atomic E-state index is 12.5. The Hall–Kier alpha value is -2.62. The minimum absolute atomic E-state index is 0.0262. The van der Waals surface area contributed by atoms with Crippen molar-refractivity contribution in [1.82, 2.24) is 0 Å². The van der Waals surface area contributed by atoms with Crippen LogP contribution in [0, 0.1) is 0 Å². The molecule has 21 heavy (non-hydrogen) atoms. The zero-order valence-corrected chi connectivity index (χ0v) is 11.7. The van der Waals surface area contributed by atoms with E-state index in [1.54, 1.807) is 31.2 Å². The van der Waals surface area contributed by atoms with Gasteiger partial charge in [-0.05, 0) is 31.6 Å². The van der Waals surface area contributed by atoms with E-state index in [9.17, 15) is 9.59 Å². The molecule has 0 spiro atoms. The number of carbonyl (C=O) groups excluding carboxylic acids is 2. The summed E-state index contributed by atoms with van der Waals surface area (Å²) < 4.78 is 10.1. The number of allylic oxidation sites excluding steroid dienone is 6. The molecule has 2 rings (SSSR count). The Labute approximate surface area is 123 Å². The summed E-state index contributed by atoms with van der Waals surface area (Å²) in [6.45, 7) is 1.91. The Kier molecular flexibility index (Phi) is 5.10. The van der Waals surface area contributed by atoms with Gasteiger partial charge in [0, 0.05) is 5.57 Å². The molecular formula is C17H16O4. The third-order valence-electron chi connectivity index (χ3n) is 2.85. The van der Waals surface area contributed by atoms with Gasteiger partial charge in [-0.15, -0.1) is 0 Å². The number of hydrogen-bond acceptors (Lipinski definition) is 4.